The third-order valence-electron chi connectivity index (χ3n) is 7.00. The molecule has 2 heterocycles. The van der Waals surface area contributed by atoms with Crippen molar-refractivity contribution in [2.75, 3.05) is 14.2 Å². The van der Waals surface area contributed by atoms with Crippen LogP contribution in [-0.4, -0.2) is 23.7 Å². The number of methoxy groups -OCH3 is 2. The van der Waals surface area contributed by atoms with Crippen LogP contribution < -0.4 is 24.4 Å². The van der Waals surface area contributed by atoms with Gasteiger partial charge in [0, 0.05) is 23.3 Å². The summed E-state index contributed by atoms with van der Waals surface area (Å²) in [5.74, 6) is 1.17. The van der Waals surface area contributed by atoms with E-state index < -0.39 is 11.0 Å². The van der Waals surface area contributed by atoms with Crippen molar-refractivity contribution >= 4 is 28.8 Å². The largest absolute Gasteiger partial charge is 0.493 e. The zero-order valence-corrected chi connectivity index (χ0v) is 21.5. The lowest BCUT2D eigenvalue weighted by Gasteiger charge is -2.31. The molecule has 190 valence electrons. The van der Waals surface area contributed by atoms with E-state index in [1.165, 1.54) is 29.0 Å². The first-order valence-corrected chi connectivity index (χ1v) is 12.9. The first kappa shape index (κ1) is 23.9. The first-order valence-electron chi connectivity index (χ1n) is 12.1. The minimum Gasteiger partial charge on any atom is -0.493 e. The maximum atomic E-state index is 13.9. The van der Waals surface area contributed by atoms with Crippen molar-refractivity contribution in [1.29, 1.82) is 0 Å². The molecule has 1 atom stereocenters. The molecule has 1 unspecified atom stereocenters. The second-order valence-corrected chi connectivity index (χ2v) is 10.1. The molecule has 1 aliphatic carbocycles. The number of nitro groups is 1. The Morgan fingerprint density at radius 2 is 1.82 bits per heavy atom. The summed E-state index contributed by atoms with van der Waals surface area (Å²) in [4.78, 5) is 30.1. The summed E-state index contributed by atoms with van der Waals surface area (Å²) in [7, 11) is 3.20. The highest BCUT2D eigenvalue weighted by Crippen LogP contribution is 2.45. The van der Waals surface area contributed by atoms with Gasteiger partial charge in [-0.05, 0) is 53.8 Å². The van der Waals surface area contributed by atoms with Gasteiger partial charge >= 0.3 is 0 Å². The van der Waals surface area contributed by atoms with E-state index in [9.17, 15) is 14.9 Å². The van der Waals surface area contributed by atoms with Crippen LogP contribution >= 0.6 is 11.3 Å². The summed E-state index contributed by atoms with van der Waals surface area (Å²) in [6, 6.07) is 19.7. The zero-order chi connectivity index (χ0) is 26.4. The molecule has 38 heavy (non-hydrogen) atoms. The molecule has 0 saturated carbocycles. The second-order valence-electron chi connectivity index (χ2n) is 9.05. The number of non-ortho nitro benzene ring substituents is 1. The van der Waals surface area contributed by atoms with Crippen molar-refractivity contribution in [3.05, 3.63) is 124 Å². The summed E-state index contributed by atoms with van der Waals surface area (Å²) in [6.07, 6.45) is 3.36. The van der Waals surface area contributed by atoms with E-state index in [1.54, 1.807) is 37.0 Å². The lowest BCUT2D eigenvalue weighted by molar-refractivity contribution is -0.384. The summed E-state index contributed by atoms with van der Waals surface area (Å²) in [6.45, 7) is 0. The Bertz CT molecular complexity index is 1800. The molecule has 1 aliphatic heterocycles. The van der Waals surface area contributed by atoms with Crippen LogP contribution in [-0.2, 0) is 6.42 Å². The van der Waals surface area contributed by atoms with Crippen LogP contribution in [0.3, 0.4) is 0 Å². The smallest absolute Gasteiger partial charge is 0.271 e. The number of aromatic nitrogens is 1. The highest BCUT2D eigenvalue weighted by atomic mass is 32.1. The SMILES string of the molecule is COc1cccc(C2C3=C(N=c4sc(=Cc5ccc([N+](=O)[O-])cc5)c(=O)n42)c2ccccc2CC3)c1OC. The quantitative estimate of drug-likeness (QED) is 0.287. The molecule has 4 aromatic rings. The number of hydrogen-bond donors (Lipinski definition) is 0. The number of aryl methyl sites for hydroxylation is 1. The average Bonchev–Trinajstić information content (AvgIpc) is 3.25. The molecule has 0 bridgehead atoms. The summed E-state index contributed by atoms with van der Waals surface area (Å²) in [5.41, 5.74) is 5.62. The number of rotatable bonds is 5. The molecule has 0 spiro atoms. The molecular formula is C29H23N3O5S. The van der Waals surface area contributed by atoms with Crippen LogP contribution in [0, 0.1) is 10.1 Å². The number of hydrogen-bond acceptors (Lipinski definition) is 7. The van der Waals surface area contributed by atoms with E-state index in [0.29, 0.717) is 26.4 Å². The van der Waals surface area contributed by atoms with Crippen molar-refractivity contribution in [3.63, 3.8) is 0 Å². The van der Waals surface area contributed by atoms with Crippen molar-refractivity contribution in [3.8, 4) is 11.5 Å². The van der Waals surface area contributed by atoms with Crippen molar-refractivity contribution in [1.82, 2.24) is 4.57 Å². The molecule has 0 radical (unpaired) electrons. The zero-order valence-electron chi connectivity index (χ0n) is 20.7. The topological polar surface area (TPSA) is 96.0 Å². The number of ether oxygens (including phenoxy) is 2. The fraction of sp³-hybridized carbons (Fsp3) is 0.172. The van der Waals surface area contributed by atoms with Gasteiger partial charge in [0.1, 0.15) is 0 Å². The number of thiazole rings is 1. The van der Waals surface area contributed by atoms with Gasteiger partial charge in [0.15, 0.2) is 16.3 Å². The van der Waals surface area contributed by atoms with Gasteiger partial charge in [-0.3, -0.25) is 19.5 Å². The predicted molar refractivity (Wildman–Crippen MR) is 145 cm³/mol. The minimum atomic E-state index is -0.443. The van der Waals surface area contributed by atoms with Crippen LogP contribution in [0.15, 0.2) is 82.1 Å². The first-order chi connectivity index (χ1) is 18.5. The van der Waals surface area contributed by atoms with Crippen LogP contribution in [0.2, 0.25) is 0 Å². The lowest BCUT2D eigenvalue weighted by Crippen LogP contribution is -2.39. The van der Waals surface area contributed by atoms with Gasteiger partial charge in [-0.1, -0.05) is 47.7 Å². The number of benzene rings is 3. The number of nitro benzene ring substituents is 1. The van der Waals surface area contributed by atoms with E-state index >= 15 is 0 Å². The molecule has 0 saturated heterocycles. The van der Waals surface area contributed by atoms with Gasteiger partial charge < -0.3 is 9.47 Å². The van der Waals surface area contributed by atoms with E-state index in [0.717, 1.165) is 35.2 Å². The highest BCUT2D eigenvalue weighted by Gasteiger charge is 2.34. The fourth-order valence-electron chi connectivity index (χ4n) is 5.27. The Balaban J connectivity index is 1.61. The van der Waals surface area contributed by atoms with Crippen molar-refractivity contribution < 1.29 is 14.4 Å². The minimum absolute atomic E-state index is 0.0000652. The molecule has 8 nitrogen and oxygen atoms in total. The number of fused-ring (bicyclic) bond motifs is 3. The molecule has 6 rings (SSSR count). The average molecular weight is 526 g/mol. The standard InChI is InChI=1S/C29H23N3O5S/c1-36-23-9-5-8-22(27(23)37-2)26-21-15-12-18-6-3-4-7-20(18)25(21)30-29-31(26)28(33)24(38-29)16-17-10-13-19(14-11-17)32(34)35/h3-11,13-14,16,26H,12,15H2,1-2H3. The third kappa shape index (κ3) is 3.83. The van der Waals surface area contributed by atoms with E-state index in [-0.39, 0.29) is 11.2 Å². The van der Waals surface area contributed by atoms with E-state index in [4.69, 9.17) is 14.5 Å². The van der Waals surface area contributed by atoms with Crippen LogP contribution in [0.5, 0.6) is 11.5 Å². The molecular weight excluding hydrogens is 502 g/mol. The van der Waals surface area contributed by atoms with E-state index in [2.05, 4.69) is 12.1 Å². The highest BCUT2D eigenvalue weighted by molar-refractivity contribution is 7.07. The van der Waals surface area contributed by atoms with Crippen LogP contribution in [0.4, 0.5) is 5.69 Å². The van der Waals surface area contributed by atoms with Gasteiger partial charge in [0.2, 0.25) is 0 Å². The Morgan fingerprint density at radius 1 is 1.03 bits per heavy atom. The number of nitrogens with zero attached hydrogens (tertiary/aromatic N) is 3. The van der Waals surface area contributed by atoms with Gasteiger partial charge in [0.05, 0.1) is 35.4 Å². The maximum absolute atomic E-state index is 13.9. The summed E-state index contributed by atoms with van der Waals surface area (Å²) >= 11 is 1.31. The van der Waals surface area contributed by atoms with Gasteiger partial charge in [-0.25, -0.2) is 4.99 Å². The predicted octanol–water partition coefficient (Wildman–Crippen LogP) is 4.24. The Morgan fingerprint density at radius 3 is 2.55 bits per heavy atom. The Hall–Kier alpha value is -4.50. The van der Waals surface area contributed by atoms with Crippen LogP contribution in [0.25, 0.3) is 11.8 Å². The molecule has 0 amide bonds. The van der Waals surface area contributed by atoms with Gasteiger partial charge in [-0.15, -0.1) is 0 Å². The van der Waals surface area contributed by atoms with Crippen molar-refractivity contribution in [2.45, 2.75) is 18.9 Å². The molecule has 0 fully saturated rings. The second kappa shape index (κ2) is 9.42. The van der Waals surface area contributed by atoms with Gasteiger partial charge in [-0.2, -0.15) is 0 Å². The monoisotopic (exact) mass is 525 g/mol. The molecule has 3 aromatic carbocycles. The number of allylic oxidation sites excluding steroid dienone is 1. The maximum Gasteiger partial charge on any atom is 0.271 e. The molecule has 2 aliphatic rings. The normalized spacial score (nSPS) is 16.3. The van der Waals surface area contributed by atoms with E-state index in [1.807, 2.05) is 30.3 Å². The Kier molecular flexibility index (Phi) is 5.92. The van der Waals surface area contributed by atoms with Crippen molar-refractivity contribution in [2.24, 2.45) is 4.99 Å². The molecule has 1 aromatic heterocycles. The fourth-order valence-corrected chi connectivity index (χ4v) is 6.27. The lowest BCUT2D eigenvalue weighted by atomic mass is 9.83. The van der Waals surface area contributed by atoms with Crippen LogP contribution in [0.1, 0.15) is 34.7 Å². The summed E-state index contributed by atoms with van der Waals surface area (Å²) in [5, 5.41) is 11.0. The molecule has 0 N–H and O–H groups in total. The third-order valence-corrected chi connectivity index (χ3v) is 7.99. The molecule has 9 heteroatoms. The van der Waals surface area contributed by atoms with Gasteiger partial charge in [0.25, 0.3) is 11.2 Å². The number of para-hydroxylation sites is 1. The Labute approximate surface area is 221 Å². The summed E-state index contributed by atoms with van der Waals surface area (Å²) < 4.78 is 13.6.